The van der Waals surface area contributed by atoms with Crippen LogP contribution in [0.2, 0.25) is 0 Å². The van der Waals surface area contributed by atoms with Crippen LogP contribution in [-0.2, 0) is 66.2 Å². The first-order chi connectivity index (χ1) is 66.7. The van der Waals surface area contributed by atoms with Crippen LogP contribution in [0.5, 0.6) is 0 Å². The van der Waals surface area contributed by atoms with Gasteiger partial charge in [0.15, 0.2) is 17.7 Å². The van der Waals surface area contributed by atoms with E-state index in [1.807, 2.05) is 6.07 Å². The summed E-state index contributed by atoms with van der Waals surface area (Å²) >= 11 is 0. The number of allylic oxidation sites excluding steroid dienone is 1. The molecule has 24 fully saturated rings. The van der Waals surface area contributed by atoms with Gasteiger partial charge in [0.2, 0.25) is 0 Å². The number of hydrogen-bond donors (Lipinski definition) is 5. The zero-order valence-electron chi connectivity index (χ0n) is 88.3. The second kappa shape index (κ2) is 42.1. The minimum absolute atomic E-state index is 0. The number of fused-ring (bicyclic) bond motifs is 24. The minimum atomic E-state index is -0.481. The molecule has 12 nitrogen and oxygen atoms in total. The second-order valence-electron chi connectivity index (χ2n) is 56.4. The van der Waals surface area contributed by atoms with Gasteiger partial charge in [0.1, 0.15) is 17.3 Å². The summed E-state index contributed by atoms with van der Waals surface area (Å²) in [4.78, 5) is 73.8. The molecule has 24 aliphatic rings. The fraction of sp³-hybridized carbons (Fsp3) is 0.827. The standard InChI is InChI=1S/C26H36O2.C25H32O2.C21H32O3.C19H30O.2C18H28O2.Y/c1-26-10-9-20-13-21-12-18(16-27)7-8-19(21)14-23(20)24(26)15-22(25(26)28)11-17-5-3-2-4-6-17;1-25-10-9-18-12-19-13-21(26)8-7-17(19)14-22(18)23(25)15-20(24(25)27)11-16-5-3-2-4-6-16;1-12-4-5-14-10-17-15(9-16(14)8-12)6-7-21(3)18(17)11-19(23)20(21)24-13(2)22;1-12-3-4-13-9-17-14(8-15(13)7-12)5-6-19(2)11-16(20)10-18(17)19;1-18-5-4-12-6-13-7-14(19)3-2-11(13)8-16(12)17(18)9-15(20)10-18;1-18-7-6-12-8-13-9-14(19)3-2-11(13)10-15(12)16(18)4-5-17(18)20;/h2-6,11,18-21,23-25,27-28H,7-10,12-16H2,1H3;2-6,11,17-19,21-23,26H,7-10,12-15H2,1H3;12,14-18,20H,4-11H2,1-3H3;12-15,17-18H,3-11H2,1-2H3;11-14,16-17,19H,2-10H2,1H3;11-16,19H,2-10H2,1H3;/b22-11+;20-11+;;;;;/t18-,19-,20+,21-,23+,24-,25-,26-;17-,18+,19+,21-,22+,23-,25-;12-,14-,15+,16-,17+,18-,20-,21-;12-,13-,14+,15-,17+,18-,19+;11-,12+,13+,14-,16+,17-,18+;11-,12+,13+,14-,15+,16-,18-;/m111111./s1. The molecule has 140 heavy (non-hydrogen) atoms. The number of hydrogen-bond acceptors (Lipinski definition) is 12. The molecule has 0 spiro atoms. The average Bonchev–Trinajstić information content (AvgIpc) is 1.58. The van der Waals surface area contributed by atoms with Crippen LogP contribution in [-0.4, -0.2) is 97.5 Å². The van der Waals surface area contributed by atoms with Crippen molar-refractivity contribution in [3.8, 4) is 0 Å². The van der Waals surface area contributed by atoms with Crippen molar-refractivity contribution in [1.82, 2.24) is 0 Å². The Bertz CT molecular complexity index is 4640. The van der Waals surface area contributed by atoms with Crippen LogP contribution in [0, 0.1) is 228 Å². The molecule has 26 rings (SSSR count). The predicted molar refractivity (Wildman–Crippen MR) is 551 cm³/mol. The number of rotatable bonds is 4. The average molecular weight is 1990 g/mol. The molecule has 0 amide bonds. The largest absolute Gasteiger partial charge is 0.454 e. The molecule has 769 valence electrons. The third-order valence-electron chi connectivity index (χ3n) is 48.9. The van der Waals surface area contributed by atoms with E-state index in [0.29, 0.717) is 94.3 Å². The van der Waals surface area contributed by atoms with E-state index in [4.69, 9.17) is 4.74 Å². The molecule has 0 unspecified atom stereocenters. The van der Waals surface area contributed by atoms with Gasteiger partial charge in [0.25, 0.3) is 0 Å². The van der Waals surface area contributed by atoms with Gasteiger partial charge in [0.05, 0.1) is 24.4 Å². The Labute approximate surface area is 869 Å². The summed E-state index contributed by atoms with van der Waals surface area (Å²) in [6.45, 7) is 20.6. The molecule has 24 aliphatic carbocycles. The van der Waals surface area contributed by atoms with Crippen LogP contribution >= 0.6 is 0 Å². The molecule has 13 heteroatoms. The van der Waals surface area contributed by atoms with E-state index in [2.05, 4.69) is 122 Å². The normalized spacial score (nSPS) is 50.3. The van der Waals surface area contributed by atoms with Crippen LogP contribution in [0.25, 0.3) is 12.2 Å². The van der Waals surface area contributed by atoms with E-state index in [1.165, 1.54) is 230 Å². The van der Waals surface area contributed by atoms with E-state index in [0.717, 1.165) is 268 Å². The Morgan fingerprint density at radius 1 is 0.357 bits per heavy atom. The number of carbonyl (C=O) groups is 6. The smallest absolute Gasteiger partial charge is 0.303 e. The Kier molecular flexibility index (Phi) is 31.2. The minimum Gasteiger partial charge on any atom is -0.454 e. The number of aliphatic hydroxyl groups excluding tert-OH is 5. The molecule has 0 aliphatic heterocycles. The summed E-state index contributed by atoms with van der Waals surface area (Å²) in [7, 11) is 0. The van der Waals surface area contributed by atoms with E-state index in [1.54, 1.807) is 0 Å². The zero-order chi connectivity index (χ0) is 96.7. The quantitative estimate of drug-likeness (QED) is 0.143. The molecule has 1 radical (unpaired) electrons. The van der Waals surface area contributed by atoms with Gasteiger partial charge in [-0.15, -0.1) is 0 Å². The fourth-order valence-corrected chi connectivity index (χ4v) is 41.5. The fourth-order valence-electron chi connectivity index (χ4n) is 41.5. The van der Waals surface area contributed by atoms with Gasteiger partial charge in [-0.25, -0.2) is 0 Å². The van der Waals surface area contributed by atoms with Gasteiger partial charge >= 0.3 is 5.97 Å². The van der Waals surface area contributed by atoms with Gasteiger partial charge in [-0.1, -0.05) is 135 Å². The Morgan fingerprint density at radius 3 is 1.19 bits per heavy atom. The maximum atomic E-state index is 13.4. The molecule has 2 aromatic rings. The number of carbonyl (C=O) groups excluding carboxylic acids is 6. The third-order valence-corrected chi connectivity index (χ3v) is 48.9. The van der Waals surface area contributed by atoms with Gasteiger partial charge in [0, 0.05) is 106 Å². The molecular formula is C127H186O12Y. The Morgan fingerprint density at radius 2 is 0.736 bits per heavy atom. The zero-order valence-corrected chi connectivity index (χ0v) is 91.1. The van der Waals surface area contributed by atoms with Crippen molar-refractivity contribution in [2.24, 2.45) is 228 Å². The maximum Gasteiger partial charge on any atom is 0.303 e. The SMILES string of the molecule is CC(=O)O[C@@H]1C(=O)C[C@@H]2[C@H]3C[C@H]4CC[C@@H](C)C[C@@H]4C[C@@H]3CC[C@@]12C.C[C@@H]1CC[C@@H]2C[C@H]3[C@@H](CC[C@@]4(C)CC(=O)C[C@H]34)C[C@H]2C1.C[C@@]12CC[C@H]3C[C@H]4C[C@H](CO)CC[C@@H]4C[C@@H]3[C@H]1C/C(=C\c1ccccc1)[C@H]2O.C[C@@]12CC[C@H]3C[C@H]4C[C@H](O)CC[C@@H]4C[C@@H]3[C@H]1C/C(=C\c1ccccc1)C2=O.C[C@@]12CC[C@H]3C[C@H]4C[C@H](O)CC[C@@H]4C[C@@H]3[C@H]1CC(=O)C2.C[C@@]12CC[C@H]3C[C@H]4C[C@H](O)CC[C@@H]4C[C@@H]3[C@H]1CCC2=O.[Y]. The number of esters is 1. The summed E-state index contributed by atoms with van der Waals surface area (Å²) in [5.41, 5.74) is 5.28. The van der Waals surface area contributed by atoms with E-state index >= 15 is 0 Å². The van der Waals surface area contributed by atoms with Crippen LogP contribution in [0.4, 0.5) is 0 Å². The summed E-state index contributed by atoms with van der Waals surface area (Å²) in [5, 5.41) is 50.9. The molecule has 44 atom stereocenters. The van der Waals surface area contributed by atoms with E-state index < -0.39 is 6.10 Å². The Hall–Kier alpha value is -3.36. The van der Waals surface area contributed by atoms with Crippen molar-refractivity contribution in [1.29, 1.82) is 0 Å². The number of benzene rings is 2. The molecule has 0 saturated heterocycles. The summed E-state index contributed by atoms with van der Waals surface area (Å²) < 4.78 is 5.51. The molecular weight excluding hydrogens is 1810 g/mol. The van der Waals surface area contributed by atoms with Crippen molar-refractivity contribution >= 4 is 47.0 Å². The summed E-state index contributed by atoms with van der Waals surface area (Å²) in [6.07, 6.45) is 65.2. The van der Waals surface area contributed by atoms with Crippen molar-refractivity contribution < 1.29 is 91.7 Å². The molecule has 5 N–H and O–H groups in total. The van der Waals surface area contributed by atoms with E-state index in [9.17, 15) is 54.3 Å². The number of aliphatic hydroxyl groups is 5. The van der Waals surface area contributed by atoms with Crippen molar-refractivity contribution in [3.63, 3.8) is 0 Å². The monoisotopic (exact) mass is 1990 g/mol. The number of ketones is 5. The van der Waals surface area contributed by atoms with E-state index in [-0.39, 0.29) is 90.5 Å². The van der Waals surface area contributed by atoms with Crippen molar-refractivity contribution in [2.45, 2.75) is 420 Å². The number of ether oxygens (including phenoxy) is 1. The van der Waals surface area contributed by atoms with Gasteiger partial charge < -0.3 is 30.3 Å². The van der Waals surface area contributed by atoms with Crippen LogP contribution in [0.15, 0.2) is 71.8 Å². The molecule has 0 heterocycles. The first-order valence-corrected chi connectivity index (χ1v) is 59.3. The number of Topliss-reactive ketones (excluding diaryl/α,β-unsaturated/α-hetero) is 5. The second-order valence-corrected chi connectivity index (χ2v) is 56.4. The first kappa shape index (κ1) is 104. The van der Waals surface area contributed by atoms with Crippen molar-refractivity contribution in [3.05, 3.63) is 82.9 Å². The molecule has 0 aromatic heterocycles. The van der Waals surface area contributed by atoms with Crippen LogP contribution < -0.4 is 0 Å². The van der Waals surface area contributed by atoms with Gasteiger partial charge in [-0.05, 0) is 511 Å². The molecule has 0 bridgehead atoms. The maximum absolute atomic E-state index is 13.4. The van der Waals surface area contributed by atoms with Crippen LogP contribution in [0.3, 0.4) is 0 Å². The van der Waals surface area contributed by atoms with Crippen molar-refractivity contribution in [2.75, 3.05) is 6.61 Å². The summed E-state index contributed by atoms with van der Waals surface area (Å²) in [5.74, 6) is 28.3. The topological polar surface area (TPSA) is 213 Å². The predicted octanol–water partition coefficient (Wildman–Crippen LogP) is 26.9. The third kappa shape index (κ3) is 20.4. The Balaban J connectivity index is 0.000000104. The van der Waals surface area contributed by atoms with Gasteiger partial charge in [-0.3, -0.25) is 28.8 Å². The van der Waals surface area contributed by atoms with Gasteiger partial charge in [-0.2, -0.15) is 0 Å². The first-order valence-electron chi connectivity index (χ1n) is 59.3. The van der Waals surface area contributed by atoms with Crippen LogP contribution in [0.1, 0.15) is 401 Å². The summed E-state index contributed by atoms with van der Waals surface area (Å²) in [6, 6.07) is 20.9. The molecule has 24 saturated carbocycles. The molecule has 2 aromatic carbocycles.